The van der Waals surface area contributed by atoms with Crippen LogP contribution in [-0.4, -0.2) is 34.0 Å². The van der Waals surface area contributed by atoms with E-state index in [0.29, 0.717) is 11.4 Å². The topological polar surface area (TPSA) is 75.7 Å². The van der Waals surface area contributed by atoms with Crippen LogP contribution < -0.4 is 14.4 Å². The van der Waals surface area contributed by atoms with E-state index in [0.717, 1.165) is 32.8 Å². The Morgan fingerprint density at radius 2 is 1.60 bits per heavy atom. The maximum atomic E-state index is 13.3. The van der Waals surface area contributed by atoms with Crippen molar-refractivity contribution in [1.29, 1.82) is 0 Å². The Bertz CT molecular complexity index is 1420. The van der Waals surface area contributed by atoms with Crippen LogP contribution >= 0.6 is 0 Å². The minimum Gasteiger partial charge on any atom is -0.492 e. The van der Waals surface area contributed by atoms with Gasteiger partial charge in [0.15, 0.2) is 0 Å². The van der Waals surface area contributed by atoms with Gasteiger partial charge in [-0.2, -0.15) is 0 Å². The molecule has 0 aliphatic heterocycles. The summed E-state index contributed by atoms with van der Waals surface area (Å²) in [5.74, 6) is -0.355. The Kier molecular flexibility index (Phi) is 7.31. The van der Waals surface area contributed by atoms with Gasteiger partial charge in [-0.3, -0.25) is 9.10 Å². The molecule has 4 aromatic carbocycles. The highest BCUT2D eigenvalue weighted by Gasteiger charge is 2.27. The van der Waals surface area contributed by atoms with E-state index in [1.165, 1.54) is 12.1 Å². The zero-order valence-corrected chi connectivity index (χ0v) is 20.0. The summed E-state index contributed by atoms with van der Waals surface area (Å²) < 4.78 is 46.7. The van der Waals surface area contributed by atoms with Gasteiger partial charge in [0.05, 0.1) is 17.1 Å². The van der Waals surface area contributed by atoms with Crippen LogP contribution in [0.15, 0.2) is 95.9 Å². The first-order valence-corrected chi connectivity index (χ1v) is 12.5. The van der Waals surface area contributed by atoms with Crippen LogP contribution in [0.2, 0.25) is 0 Å². The molecule has 1 N–H and O–H groups in total. The quantitative estimate of drug-likeness (QED) is 0.344. The standard InChI is InChI=1S/C27H25FN2O4S/c1-20-6-11-24(12-7-20)30(35(32,33)26-14-9-23(28)10-15-26)19-27(31)29-16-17-34-25-13-8-21-4-2-3-5-22(21)18-25/h2-15,18H,16-17,19H2,1H3,(H,29,31). The lowest BCUT2D eigenvalue weighted by Gasteiger charge is -2.24. The van der Waals surface area contributed by atoms with E-state index < -0.39 is 28.3 Å². The molecule has 0 spiro atoms. The van der Waals surface area contributed by atoms with Gasteiger partial charge in [0.25, 0.3) is 10.0 Å². The van der Waals surface area contributed by atoms with Crippen LogP contribution in [0, 0.1) is 12.7 Å². The van der Waals surface area contributed by atoms with Gasteiger partial charge < -0.3 is 10.1 Å². The molecule has 4 aromatic rings. The van der Waals surface area contributed by atoms with Crippen LogP contribution in [0.5, 0.6) is 5.75 Å². The highest BCUT2D eigenvalue weighted by molar-refractivity contribution is 7.92. The number of hydrogen-bond acceptors (Lipinski definition) is 4. The SMILES string of the molecule is Cc1ccc(N(CC(=O)NCCOc2ccc3ccccc3c2)S(=O)(=O)c2ccc(F)cc2)cc1. The van der Waals surface area contributed by atoms with Gasteiger partial charge in [-0.05, 0) is 66.2 Å². The van der Waals surface area contributed by atoms with Crippen molar-refractivity contribution < 1.29 is 22.3 Å². The fourth-order valence-electron chi connectivity index (χ4n) is 3.56. The highest BCUT2D eigenvalue weighted by Crippen LogP contribution is 2.24. The van der Waals surface area contributed by atoms with Crippen LogP contribution in [-0.2, 0) is 14.8 Å². The molecule has 1 amide bonds. The lowest BCUT2D eigenvalue weighted by molar-refractivity contribution is -0.119. The zero-order valence-electron chi connectivity index (χ0n) is 19.1. The number of ether oxygens (including phenoxy) is 1. The Morgan fingerprint density at radius 1 is 0.914 bits per heavy atom. The molecule has 6 nitrogen and oxygen atoms in total. The summed E-state index contributed by atoms with van der Waals surface area (Å²) in [5, 5.41) is 4.86. The number of nitrogens with zero attached hydrogens (tertiary/aromatic N) is 1. The Morgan fingerprint density at radius 3 is 2.31 bits per heavy atom. The van der Waals surface area contributed by atoms with Crippen molar-refractivity contribution in [2.75, 3.05) is 24.0 Å². The van der Waals surface area contributed by atoms with Crippen molar-refractivity contribution in [3.63, 3.8) is 0 Å². The second kappa shape index (κ2) is 10.6. The number of benzene rings is 4. The number of hydrogen-bond donors (Lipinski definition) is 1. The molecule has 0 fully saturated rings. The van der Waals surface area contributed by atoms with E-state index in [9.17, 15) is 17.6 Å². The molecule has 4 rings (SSSR count). The van der Waals surface area contributed by atoms with Gasteiger partial charge in [0, 0.05) is 0 Å². The minimum atomic E-state index is -4.10. The number of anilines is 1. The fourth-order valence-corrected chi connectivity index (χ4v) is 4.98. The van der Waals surface area contributed by atoms with E-state index in [1.807, 2.05) is 49.4 Å². The molecule has 0 aliphatic rings. The normalized spacial score (nSPS) is 11.3. The fraction of sp³-hybridized carbons (Fsp3) is 0.148. The molecule has 0 saturated heterocycles. The number of fused-ring (bicyclic) bond motifs is 1. The third kappa shape index (κ3) is 5.96. The van der Waals surface area contributed by atoms with Crippen molar-refractivity contribution in [2.45, 2.75) is 11.8 Å². The van der Waals surface area contributed by atoms with E-state index in [4.69, 9.17) is 4.74 Å². The molecule has 0 radical (unpaired) electrons. The molecule has 0 heterocycles. The molecule has 8 heteroatoms. The molecule has 0 unspecified atom stereocenters. The summed E-state index contributed by atoms with van der Waals surface area (Å²) in [6.45, 7) is 1.87. The van der Waals surface area contributed by atoms with Gasteiger partial charge in [-0.1, -0.05) is 48.0 Å². The van der Waals surface area contributed by atoms with Crippen LogP contribution in [0.25, 0.3) is 10.8 Å². The molecular formula is C27H25FN2O4S. The maximum Gasteiger partial charge on any atom is 0.264 e. The van der Waals surface area contributed by atoms with Gasteiger partial charge >= 0.3 is 0 Å². The average Bonchev–Trinajstić information content (AvgIpc) is 2.86. The summed E-state index contributed by atoms with van der Waals surface area (Å²) in [6.07, 6.45) is 0. The first-order chi connectivity index (χ1) is 16.8. The van der Waals surface area contributed by atoms with Crippen LogP contribution in [0.4, 0.5) is 10.1 Å². The molecular weight excluding hydrogens is 467 g/mol. The van der Waals surface area contributed by atoms with Gasteiger partial charge in [0.1, 0.15) is 24.7 Å². The van der Waals surface area contributed by atoms with Crippen molar-refractivity contribution in [3.8, 4) is 5.75 Å². The Labute approximate surface area is 204 Å². The lowest BCUT2D eigenvalue weighted by Crippen LogP contribution is -2.41. The summed E-state index contributed by atoms with van der Waals surface area (Å²) in [7, 11) is -4.10. The first kappa shape index (κ1) is 24.2. The second-order valence-electron chi connectivity index (χ2n) is 8.01. The van der Waals surface area contributed by atoms with Crippen molar-refractivity contribution in [1.82, 2.24) is 5.32 Å². The number of amides is 1. The first-order valence-electron chi connectivity index (χ1n) is 11.1. The van der Waals surface area contributed by atoms with Crippen molar-refractivity contribution in [2.24, 2.45) is 0 Å². The van der Waals surface area contributed by atoms with Gasteiger partial charge in [-0.15, -0.1) is 0 Å². The zero-order chi connectivity index (χ0) is 24.8. The van der Waals surface area contributed by atoms with Crippen molar-refractivity contribution in [3.05, 3.63) is 102 Å². The summed E-state index contributed by atoms with van der Waals surface area (Å²) >= 11 is 0. The number of carbonyl (C=O) groups excluding carboxylic acids is 1. The Hall–Kier alpha value is -3.91. The van der Waals surface area contributed by atoms with Crippen molar-refractivity contribution >= 4 is 32.4 Å². The number of aryl methyl sites for hydroxylation is 1. The number of sulfonamides is 1. The maximum absolute atomic E-state index is 13.3. The summed E-state index contributed by atoms with van der Waals surface area (Å²) in [4.78, 5) is 12.6. The summed E-state index contributed by atoms with van der Waals surface area (Å²) in [6, 6.07) is 25.0. The molecule has 180 valence electrons. The van der Waals surface area contributed by atoms with Gasteiger partial charge in [0.2, 0.25) is 5.91 Å². The molecule has 0 aromatic heterocycles. The highest BCUT2D eigenvalue weighted by atomic mass is 32.2. The van der Waals surface area contributed by atoms with Crippen LogP contribution in [0.1, 0.15) is 5.56 Å². The smallest absolute Gasteiger partial charge is 0.264 e. The van der Waals surface area contributed by atoms with E-state index in [1.54, 1.807) is 24.3 Å². The second-order valence-corrected chi connectivity index (χ2v) is 9.87. The third-order valence-electron chi connectivity index (χ3n) is 5.42. The predicted molar refractivity (Wildman–Crippen MR) is 135 cm³/mol. The molecule has 0 atom stereocenters. The number of rotatable bonds is 9. The Balaban J connectivity index is 1.42. The van der Waals surface area contributed by atoms with Crippen LogP contribution in [0.3, 0.4) is 0 Å². The number of carbonyl (C=O) groups is 1. The van der Waals surface area contributed by atoms with E-state index in [2.05, 4.69) is 5.32 Å². The minimum absolute atomic E-state index is 0.105. The average molecular weight is 493 g/mol. The largest absolute Gasteiger partial charge is 0.492 e. The summed E-state index contributed by atoms with van der Waals surface area (Å²) in [5.41, 5.74) is 1.28. The third-order valence-corrected chi connectivity index (χ3v) is 7.21. The number of halogens is 1. The van der Waals surface area contributed by atoms with Gasteiger partial charge in [-0.25, -0.2) is 12.8 Å². The predicted octanol–water partition coefficient (Wildman–Crippen LogP) is 4.68. The molecule has 0 bridgehead atoms. The molecule has 35 heavy (non-hydrogen) atoms. The van der Waals surface area contributed by atoms with E-state index in [-0.39, 0.29) is 18.0 Å². The number of nitrogens with one attached hydrogen (secondary N) is 1. The lowest BCUT2D eigenvalue weighted by atomic mass is 10.1. The monoisotopic (exact) mass is 492 g/mol. The van der Waals surface area contributed by atoms with E-state index >= 15 is 0 Å². The molecule has 0 saturated carbocycles. The molecule has 0 aliphatic carbocycles.